The van der Waals surface area contributed by atoms with E-state index in [-0.39, 0.29) is 90.8 Å². The van der Waals surface area contributed by atoms with Gasteiger partial charge in [-0.3, -0.25) is 24.0 Å². The number of carbonyl (C=O) groups is 5. The first-order chi connectivity index (χ1) is 26.7. The molecule has 0 unspecified atom stereocenters. The second-order valence-corrected chi connectivity index (χ2v) is 16.3. The molecule has 0 fully saturated rings. The highest BCUT2D eigenvalue weighted by Gasteiger charge is 2.23. The van der Waals surface area contributed by atoms with Gasteiger partial charge in [0, 0.05) is 79.9 Å². The molecule has 1 aromatic heterocycles. The van der Waals surface area contributed by atoms with Crippen LogP contribution in [0.15, 0.2) is 30.5 Å². The molecule has 0 spiro atoms. The summed E-state index contributed by atoms with van der Waals surface area (Å²) in [4.78, 5) is 67.5. The number of nitrogens with one attached hydrogen (secondary N) is 6. The number of benzene rings is 1. The van der Waals surface area contributed by atoms with Gasteiger partial charge in [0.25, 0.3) is 0 Å². The van der Waals surface area contributed by atoms with Crippen LogP contribution < -0.4 is 38.1 Å². The van der Waals surface area contributed by atoms with Gasteiger partial charge in [0.1, 0.15) is 0 Å². The average Bonchev–Trinajstić information content (AvgIpc) is 3.55. The fourth-order valence-electron chi connectivity index (χ4n) is 7.10. The largest absolute Gasteiger partial charge is 0.361 e. The molecule has 0 saturated carbocycles. The summed E-state index contributed by atoms with van der Waals surface area (Å²) in [7, 11) is 0. The quantitative estimate of drug-likeness (QED) is 0.0536. The van der Waals surface area contributed by atoms with Crippen LogP contribution in [0.25, 0.3) is 10.9 Å². The van der Waals surface area contributed by atoms with Gasteiger partial charge >= 0.3 is 0 Å². The summed E-state index contributed by atoms with van der Waals surface area (Å²) >= 11 is 0. The van der Waals surface area contributed by atoms with Crippen molar-refractivity contribution < 1.29 is 24.0 Å². The molecule has 0 radical (unpaired) electrons. The molecule has 13 heteroatoms. The second kappa shape index (κ2) is 26.8. The van der Waals surface area contributed by atoms with Crippen molar-refractivity contribution in [1.29, 1.82) is 0 Å². The smallest absolute Gasteiger partial charge is 0.220 e. The van der Waals surface area contributed by atoms with E-state index in [4.69, 9.17) is 11.5 Å². The number of unbranched alkanes of at least 4 members (excludes halogenated alkanes) is 2. The Bertz CT molecular complexity index is 1480. The first kappa shape index (κ1) is 48.2. The van der Waals surface area contributed by atoms with Crippen molar-refractivity contribution in [2.45, 2.75) is 168 Å². The molecule has 10 N–H and O–H groups in total. The maximum atomic E-state index is 13.5. The lowest BCUT2D eigenvalue weighted by atomic mass is 9.97. The van der Waals surface area contributed by atoms with Crippen LogP contribution in [0.4, 0.5) is 0 Å². The summed E-state index contributed by atoms with van der Waals surface area (Å²) in [5.41, 5.74) is 13.4. The minimum Gasteiger partial charge on any atom is -0.361 e. The van der Waals surface area contributed by atoms with Crippen molar-refractivity contribution in [2.24, 2.45) is 23.3 Å². The van der Waals surface area contributed by atoms with Gasteiger partial charge in [-0.05, 0) is 101 Å². The lowest BCUT2D eigenvalue weighted by Crippen LogP contribution is -2.42. The van der Waals surface area contributed by atoms with Crippen LogP contribution in [0.2, 0.25) is 0 Å². The molecule has 2 aromatic rings. The van der Waals surface area contributed by atoms with E-state index in [0.29, 0.717) is 58.0 Å². The summed E-state index contributed by atoms with van der Waals surface area (Å²) in [6, 6.07) is 7.35. The lowest BCUT2D eigenvalue weighted by Gasteiger charge is -2.24. The van der Waals surface area contributed by atoms with Crippen molar-refractivity contribution in [1.82, 2.24) is 31.6 Å². The molecule has 5 amide bonds. The Balaban J connectivity index is 2.04. The van der Waals surface area contributed by atoms with Crippen LogP contribution in [0.3, 0.4) is 0 Å². The fourth-order valence-corrected chi connectivity index (χ4v) is 7.10. The predicted molar refractivity (Wildman–Crippen MR) is 225 cm³/mol. The van der Waals surface area contributed by atoms with Crippen LogP contribution in [0, 0.1) is 11.8 Å². The maximum absolute atomic E-state index is 13.5. The Morgan fingerprint density at radius 1 is 0.589 bits per heavy atom. The summed E-state index contributed by atoms with van der Waals surface area (Å²) in [6.45, 7) is 12.8. The number of carbonyl (C=O) groups excluding carboxylic acids is 5. The number of H-pyrrole nitrogens is 1. The molecule has 1 aromatic carbocycles. The molecule has 5 atom stereocenters. The van der Waals surface area contributed by atoms with Gasteiger partial charge in [0.15, 0.2) is 0 Å². The minimum atomic E-state index is -0.302. The van der Waals surface area contributed by atoms with E-state index in [2.05, 4.69) is 31.6 Å². The topological polar surface area (TPSA) is 213 Å². The number of hydrogen-bond donors (Lipinski definition) is 8. The number of amides is 5. The first-order valence-electron chi connectivity index (χ1n) is 21.1. The Kier molecular flexibility index (Phi) is 23.1. The molecule has 0 saturated heterocycles. The fraction of sp³-hybridized carbons (Fsp3) is 0.698. The molecular formula is C43H74N8O5. The Labute approximate surface area is 335 Å². The summed E-state index contributed by atoms with van der Waals surface area (Å²) < 4.78 is 0. The maximum Gasteiger partial charge on any atom is 0.220 e. The van der Waals surface area contributed by atoms with Crippen molar-refractivity contribution >= 4 is 40.4 Å². The van der Waals surface area contributed by atoms with E-state index in [1.807, 2.05) is 65.1 Å². The Hall–Kier alpha value is -3.97. The van der Waals surface area contributed by atoms with Crippen molar-refractivity contribution in [3.63, 3.8) is 0 Å². The number of aromatic amines is 1. The van der Waals surface area contributed by atoms with Crippen molar-refractivity contribution in [3.8, 4) is 0 Å². The number of aromatic nitrogens is 1. The van der Waals surface area contributed by atoms with Crippen LogP contribution in [0.5, 0.6) is 0 Å². The summed E-state index contributed by atoms with van der Waals surface area (Å²) in [5.74, 6) is -0.150. The minimum absolute atomic E-state index is 0.0189. The average molecular weight is 783 g/mol. The van der Waals surface area contributed by atoms with Crippen LogP contribution in [-0.2, 0) is 30.4 Å². The van der Waals surface area contributed by atoms with Crippen LogP contribution in [0.1, 0.15) is 137 Å². The first-order valence-corrected chi connectivity index (χ1v) is 21.1. The second-order valence-electron chi connectivity index (χ2n) is 16.3. The molecule has 0 aliphatic rings. The number of rotatable bonds is 29. The van der Waals surface area contributed by atoms with E-state index in [0.717, 1.165) is 48.6 Å². The third kappa shape index (κ3) is 19.8. The Morgan fingerprint density at radius 2 is 1.09 bits per heavy atom. The number of hydrogen-bond acceptors (Lipinski definition) is 7. The van der Waals surface area contributed by atoms with E-state index in [1.54, 1.807) is 0 Å². The van der Waals surface area contributed by atoms with E-state index < -0.39 is 0 Å². The van der Waals surface area contributed by atoms with Gasteiger partial charge in [-0.25, -0.2) is 0 Å². The van der Waals surface area contributed by atoms with E-state index in [9.17, 15) is 24.0 Å². The SMILES string of the molecule is CC(=O)N[C@H](CCC(=O)N[C@@H](CCCCN)CCC(=O)N[C@H](CCC(=O)N[C@H](CCC(=O)N[C@H](C)CCCCN)C(C)C)Cc1c[nH]c2ccccc12)C(C)C. The number of para-hydroxylation sites is 1. The summed E-state index contributed by atoms with van der Waals surface area (Å²) in [5, 5.41) is 16.6. The summed E-state index contributed by atoms with van der Waals surface area (Å²) in [6.07, 6.45) is 10.7. The van der Waals surface area contributed by atoms with Gasteiger partial charge in [-0.1, -0.05) is 58.7 Å². The van der Waals surface area contributed by atoms with Crippen molar-refractivity contribution in [2.75, 3.05) is 13.1 Å². The standard InChI is InChI=1S/C43H74N8O5/c1-29(2)37(48-32(6)52)19-24-42(55)49-34(14-10-12-26-45)17-21-41(54)50-35(27-33-28-46-39-16-8-7-15-36(33)39)18-22-43(56)51-38(30(3)4)20-23-40(53)47-31(5)13-9-11-25-44/h7-8,15-16,28-31,34-35,37-38,46H,9-14,17-27,44-45H2,1-6H3,(H,47,53)(H,48,52)(H,49,55)(H,50,54)(H,51,56)/t31-,34+,35-,37-,38-/m1/s1. The zero-order valence-electron chi connectivity index (χ0n) is 35.1. The molecule has 0 aliphatic heterocycles. The molecule has 56 heavy (non-hydrogen) atoms. The Morgan fingerprint density at radius 3 is 1.68 bits per heavy atom. The van der Waals surface area contributed by atoms with Gasteiger partial charge < -0.3 is 43.0 Å². The molecule has 0 bridgehead atoms. The molecule has 1 heterocycles. The van der Waals surface area contributed by atoms with Crippen LogP contribution in [-0.4, -0.2) is 77.8 Å². The highest BCUT2D eigenvalue weighted by Crippen LogP contribution is 2.21. The highest BCUT2D eigenvalue weighted by atomic mass is 16.2. The van der Waals surface area contributed by atoms with Crippen LogP contribution >= 0.6 is 0 Å². The molecule has 13 nitrogen and oxygen atoms in total. The van der Waals surface area contributed by atoms with Crippen molar-refractivity contribution in [3.05, 3.63) is 36.0 Å². The predicted octanol–water partition coefficient (Wildman–Crippen LogP) is 4.87. The number of fused-ring (bicyclic) bond motifs is 1. The zero-order chi connectivity index (χ0) is 41.5. The molecule has 316 valence electrons. The normalized spacial score (nSPS) is 14.2. The highest BCUT2D eigenvalue weighted by molar-refractivity contribution is 5.83. The van der Waals surface area contributed by atoms with Gasteiger partial charge in [0.2, 0.25) is 29.5 Å². The van der Waals surface area contributed by atoms with Gasteiger partial charge in [-0.2, -0.15) is 0 Å². The third-order valence-corrected chi connectivity index (χ3v) is 10.5. The number of nitrogens with two attached hydrogens (primary N) is 2. The lowest BCUT2D eigenvalue weighted by molar-refractivity contribution is -0.125. The molecule has 0 aliphatic carbocycles. The van der Waals surface area contributed by atoms with Gasteiger partial charge in [-0.15, -0.1) is 0 Å². The molecule has 2 rings (SSSR count). The van der Waals surface area contributed by atoms with E-state index >= 15 is 0 Å². The monoisotopic (exact) mass is 783 g/mol. The van der Waals surface area contributed by atoms with Gasteiger partial charge in [0.05, 0.1) is 0 Å². The zero-order valence-corrected chi connectivity index (χ0v) is 35.1. The third-order valence-electron chi connectivity index (χ3n) is 10.5. The molecular weight excluding hydrogens is 709 g/mol. The van der Waals surface area contributed by atoms with E-state index in [1.165, 1.54) is 6.92 Å².